The van der Waals surface area contributed by atoms with Crippen LogP contribution in [0, 0.1) is 10.8 Å². The standard InChI is InChI=1S/C13H27ClO2/c1-6-13(10-15-4,11-16-5)8-7-12(2,3)9-14/h6-11H2,1-5H3. The van der Waals surface area contributed by atoms with Gasteiger partial charge >= 0.3 is 0 Å². The first kappa shape index (κ1) is 16.2. The summed E-state index contributed by atoms with van der Waals surface area (Å²) >= 11 is 5.96. The summed E-state index contributed by atoms with van der Waals surface area (Å²) < 4.78 is 10.7. The minimum atomic E-state index is 0.146. The molecule has 0 aromatic carbocycles. The summed E-state index contributed by atoms with van der Waals surface area (Å²) in [5.74, 6) is 0.701. The van der Waals surface area contributed by atoms with Crippen molar-refractivity contribution < 1.29 is 9.47 Å². The van der Waals surface area contributed by atoms with Crippen molar-refractivity contribution >= 4 is 11.6 Å². The van der Waals surface area contributed by atoms with Gasteiger partial charge in [0.05, 0.1) is 13.2 Å². The molecule has 0 atom stereocenters. The van der Waals surface area contributed by atoms with E-state index in [1.165, 1.54) is 0 Å². The van der Waals surface area contributed by atoms with Crippen LogP contribution in [0.1, 0.15) is 40.0 Å². The Morgan fingerprint density at radius 1 is 1.00 bits per heavy atom. The average molecular weight is 251 g/mol. The van der Waals surface area contributed by atoms with Crippen LogP contribution < -0.4 is 0 Å². The van der Waals surface area contributed by atoms with E-state index < -0.39 is 0 Å². The quantitative estimate of drug-likeness (QED) is 0.581. The van der Waals surface area contributed by atoms with E-state index in [0.29, 0.717) is 5.88 Å². The monoisotopic (exact) mass is 250 g/mol. The number of hydrogen-bond donors (Lipinski definition) is 0. The molecule has 98 valence electrons. The van der Waals surface area contributed by atoms with Gasteiger partial charge in [0, 0.05) is 25.5 Å². The lowest BCUT2D eigenvalue weighted by Crippen LogP contribution is -2.33. The molecule has 0 rings (SSSR count). The van der Waals surface area contributed by atoms with E-state index in [1.807, 2.05) is 0 Å². The molecule has 0 heterocycles. The third-order valence-corrected chi connectivity index (χ3v) is 4.07. The van der Waals surface area contributed by atoms with Crippen LogP contribution in [-0.2, 0) is 9.47 Å². The molecule has 3 heteroatoms. The van der Waals surface area contributed by atoms with Crippen LogP contribution in [0.2, 0.25) is 0 Å². The van der Waals surface area contributed by atoms with Crippen molar-refractivity contribution in [2.75, 3.05) is 33.3 Å². The van der Waals surface area contributed by atoms with Gasteiger partial charge in [-0.25, -0.2) is 0 Å². The lowest BCUT2D eigenvalue weighted by atomic mass is 9.76. The Bertz CT molecular complexity index is 175. The summed E-state index contributed by atoms with van der Waals surface area (Å²) in [6, 6.07) is 0. The molecule has 0 amide bonds. The van der Waals surface area contributed by atoms with Gasteiger partial charge < -0.3 is 9.47 Å². The fraction of sp³-hybridized carbons (Fsp3) is 1.00. The maximum atomic E-state index is 5.96. The Kier molecular flexibility index (Phi) is 7.62. The molecule has 2 nitrogen and oxygen atoms in total. The third kappa shape index (κ3) is 5.51. The molecule has 0 saturated carbocycles. The van der Waals surface area contributed by atoms with Crippen LogP contribution in [0.3, 0.4) is 0 Å². The van der Waals surface area contributed by atoms with E-state index in [-0.39, 0.29) is 10.8 Å². The molecule has 0 N–H and O–H groups in total. The predicted molar refractivity (Wildman–Crippen MR) is 70.2 cm³/mol. The number of halogens is 1. The van der Waals surface area contributed by atoms with Gasteiger partial charge in [0.15, 0.2) is 0 Å². The number of rotatable bonds is 9. The van der Waals surface area contributed by atoms with Crippen molar-refractivity contribution in [3.05, 3.63) is 0 Å². The summed E-state index contributed by atoms with van der Waals surface area (Å²) in [5, 5.41) is 0. The van der Waals surface area contributed by atoms with Gasteiger partial charge in [0.25, 0.3) is 0 Å². The molecule has 0 saturated heterocycles. The van der Waals surface area contributed by atoms with Gasteiger partial charge in [-0.05, 0) is 24.7 Å². The average Bonchev–Trinajstić information content (AvgIpc) is 2.27. The maximum Gasteiger partial charge on any atom is 0.0540 e. The zero-order chi connectivity index (χ0) is 12.7. The van der Waals surface area contributed by atoms with Crippen molar-refractivity contribution in [2.24, 2.45) is 10.8 Å². The Morgan fingerprint density at radius 2 is 1.50 bits per heavy atom. The van der Waals surface area contributed by atoms with Crippen LogP contribution >= 0.6 is 11.6 Å². The summed E-state index contributed by atoms with van der Waals surface area (Å²) in [6.07, 6.45) is 3.29. The molecule has 16 heavy (non-hydrogen) atoms. The Hall–Kier alpha value is 0.210. The number of ether oxygens (including phenoxy) is 2. The van der Waals surface area contributed by atoms with Crippen LogP contribution in [0.25, 0.3) is 0 Å². The number of hydrogen-bond acceptors (Lipinski definition) is 2. The summed E-state index contributed by atoms with van der Waals surface area (Å²) in [6.45, 7) is 8.14. The molecular formula is C13H27ClO2. The van der Waals surface area contributed by atoms with Crippen molar-refractivity contribution in [3.63, 3.8) is 0 Å². The fourth-order valence-corrected chi connectivity index (χ4v) is 1.98. The second kappa shape index (κ2) is 7.52. The first-order chi connectivity index (χ1) is 7.45. The van der Waals surface area contributed by atoms with Crippen molar-refractivity contribution in [3.8, 4) is 0 Å². The van der Waals surface area contributed by atoms with Gasteiger partial charge in [-0.15, -0.1) is 11.6 Å². The predicted octanol–water partition coefficient (Wildman–Crippen LogP) is 3.72. The van der Waals surface area contributed by atoms with Crippen LogP contribution in [0.4, 0.5) is 0 Å². The molecule has 0 unspecified atom stereocenters. The highest BCUT2D eigenvalue weighted by molar-refractivity contribution is 6.18. The molecule has 0 radical (unpaired) electrons. The lowest BCUT2D eigenvalue weighted by molar-refractivity contribution is -0.00435. The highest BCUT2D eigenvalue weighted by Gasteiger charge is 2.30. The van der Waals surface area contributed by atoms with Gasteiger partial charge in [-0.2, -0.15) is 0 Å². The fourth-order valence-electron chi connectivity index (χ4n) is 1.85. The highest BCUT2D eigenvalue weighted by atomic mass is 35.5. The highest BCUT2D eigenvalue weighted by Crippen LogP contribution is 2.35. The lowest BCUT2D eigenvalue weighted by Gasteiger charge is -2.34. The Morgan fingerprint density at radius 3 is 1.81 bits per heavy atom. The van der Waals surface area contributed by atoms with E-state index in [0.717, 1.165) is 32.5 Å². The Labute approximate surface area is 106 Å². The minimum absolute atomic E-state index is 0.146. The summed E-state index contributed by atoms with van der Waals surface area (Å²) in [7, 11) is 3.51. The summed E-state index contributed by atoms with van der Waals surface area (Å²) in [5.41, 5.74) is 0.344. The van der Waals surface area contributed by atoms with Crippen LogP contribution in [0.15, 0.2) is 0 Å². The van der Waals surface area contributed by atoms with E-state index in [9.17, 15) is 0 Å². The van der Waals surface area contributed by atoms with Gasteiger partial charge in [-0.3, -0.25) is 0 Å². The topological polar surface area (TPSA) is 18.5 Å². The van der Waals surface area contributed by atoms with Crippen LogP contribution in [0.5, 0.6) is 0 Å². The Balaban J connectivity index is 4.40. The first-order valence-electron chi connectivity index (χ1n) is 5.99. The molecule has 0 spiro atoms. The van der Waals surface area contributed by atoms with E-state index >= 15 is 0 Å². The number of methoxy groups -OCH3 is 2. The minimum Gasteiger partial charge on any atom is -0.384 e. The smallest absolute Gasteiger partial charge is 0.0540 e. The van der Waals surface area contributed by atoms with Crippen LogP contribution in [-0.4, -0.2) is 33.3 Å². The third-order valence-electron chi connectivity index (χ3n) is 3.34. The maximum absolute atomic E-state index is 5.96. The van der Waals surface area contributed by atoms with Crippen molar-refractivity contribution in [2.45, 2.75) is 40.0 Å². The normalized spacial score (nSPS) is 13.1. The zero-order valence-electron chi connectivity index (χ0n) is 11.4. The SMILES string of the molecule is CCC(CCC(C)(C)CCl)(COC)COC. The molecule has 0 fully saturated rings. The zero-order valence-corrected chi connectivity index (χ0v) is 12.2. The second-order valence-corrected chi connectivity index (χ2v) is 5.78. The summed E-state index contributed by atoms with van der Waals surface area (Å²) in [4.78, 5) is 0. The molecule has 0 aliphatic rings. The molecule has 0 aliphatic heterocycles. The molecule has 0 aromatic rings. The van der Waals surface area contributed by atoms with Gasteiger partial charge in [0.1, 0.15) is 0 Å². The van der Waals surface area contributed by atoms with Gasteiger partial charge in [-0.1, -0.05) is 20.8 Å². The molecule has 0 bridgehead atoms. The largest absolute Gasteiger partial charge is 0.384 e. The van der Waals surface area contributed by atoms with Crippen molar-refractivity contribution in [1.82, 2.24) is 0 Å². The van der Waals surface area contributed by atoms with Gasteiger partial charge in [0.2, 0.25) is 0 Å². The molecule has 0 aromatic heterocycles. The number of alkyl halides is 1. The molecular weight excluding hydrogens is 224 g/mol. The van der Waals surface area contributed by atoms with Crippen molar-refractivity contribution in [1.29, 1.82) is 0 Å². The second-order valence-electron chi connectivity index (χ2n) is 5.52. The first-order valence-corrected chi connectivity index (χ1v) is 6.52. The van der Waals surface area contributed by atoms with E-state index in [1.54, 1.807) is 14.2 Å². The molecule has 0 aliphatic carbocycles. The van der Waals surface area contributed by atoms with E-state index in [4.69, 9.17) is 21.1 Å². The van der Waals surface area contributed by atoms with E-state index in [2.05, 4.69) is 20.8 Å².